The second kappa shape index (κ2) is 9.84. The maximum Gasteiger partial charge on any atom is 0.307 e. The van der Waals surface area contributed by atoms with E-state index in [1.54, 1.807) is 29.2 Å². The van der Waals surface area contributed by atoms with Crippen molar-refractivity contribution in [1.82, 2.24) is 10.2 Å². The van der Waals surface area contributed by atoms with Gasteiger partial charge in [-0.05, 0) is 30.7 Å². The van der Waals surface area contributed by atoms with Crippen molar-refractivity contribution in [2.45, 2.75) is 19.8 Å². The SMILES string of the molecule is COC(=O)CCN(CCCNC(C)=O)C(=O)c1ccc(Cl)cc1. The van der Waals surface area contributed by atoms with Crippen molar-refractivity contribution in [3.8, 4) is 0 Å². The van der Waals surface area contributed by atoms with Gasteiger partial charge in [-0.15, -0.1) is 0 Å². The van der Waals surface area contributed by atoms with Gasteiger partial charge in [0.15, 0.2) is 0 Å². The zero-order valence-electron chi connectivity index (χ0n) is 13.3. The van der Waals surface area contributed by atoms with Gasteiger partial charge in [0.1, 0.15) is 0 Å². The molecular formula is C16H21ClN2O4. The Labute approximate surface area is 140 Å². The molecule has 2 amide bonds. The number of esters is 1. The number of carbonyl (C=O) groups excluding carboxylic acids is 3. The third-order valence-electron chi connectivity index (χ3n) is 3.17. The van der Waals surface area contributed by atoms with Crippen LogP contribution in [-0.4, -0.2) is 49.4 Å². The molecule has 1 aromatic rings. The van der Waals surface area contributed by atoms with Gasteiger partial charge in [0.25, 0.3) is 5.91 Å². The van der Waals surface area contributed by atoms with Crippen LogP contribution in [0.1, 0.15) is 30.1 Å². The highest BCUT2D eigenvalue weighted by atomic mass is 35.5. The topological polar surface area (TPSA) is 75.7 Å². The van der Waals surface area contributed by atoms with Crippen LogP contribution >= 0.6 is 11.6 Å². The van der Waals surface area contributed by atoms with Crippen LogP contribution in [0.2, 0.25) is 5.02 Å². The molecule has 0 atom stereocenters. The Hall–Kier alpha value is -2.08. The number of halogens is 1. The van der Waals surface area contributed by atoms with Gasteiger partial charge in [-0.1, -0.05) is 11.6 Å². The van der Waals surface area contributed by atoms with Crippen LogP contribution in [0.5, 0.6) is 0 Å². The zero-order valence-corrected chi connectivity index (χ0v) is 14.1. The molecule has 1 N–H and O–H groups in total. The lowest BCUT2D eigenvalue weighted by Crippen LogP contribution is -2.35. The monoisotopic (exact) mass is 340 g/mol. The van der Waals surface area contributed by atoms with E-state index >= 15 is 0 Å². The van der Waals surface area contributed by atoms with E-state index in [-0.39, 0.29) is 30.7 Å². The van der Waals surface area contributed by atoms with E-state index in [9.17, 15) is 14.4 Å². The number of nitrogens with zero attached hydrogens (tertiary/aromatic N) is 1. The molecule has 0 aliphatic rings. The Morgan fingerprint density at radius 1 is 1.17 bits per heavy atom. The summed E-state index contributed by atoms with van der Waals surface area (Å²) in [5, 5.41) is 3.23. The first-order valence-electron chi connectivity index (χ1n) is 7.30. The smallest absolute Gasteiger partial charge is 0.307 e. The lowest BCUT2D eigenvalue weighted by molar-refractivity contribution is -0.140. The Kier molecular flexibility index (Phi) is 8.11. The quantitative estimate of drug-likeness (QED) is 0.579. The number of hydrogen-bond acceptors (Lipinski definition) is 4. The molecular weight excluding hydrogens is 320 g/mol. The van der Waals surface area contributed by atoms with Crippen LogP contribution in [-0.2, 0) is 14.3 Å². The summed E-state index contributed by atoms with van der Waals surface area (Å²) in [6.07, 6.45) is 0.718. The molecule has 0 heterocycles. The zero-order chi connectivity index (χ0) is 17.2. The number of hydrogen-bond donors (Lipinski definition) is 1. The largest absolute Gasteiger partial charge is 0.469 e. The summed E-state index contributed by atoms with van der Waals surface area (Å²) in [6.45, 7) is 2.60. The Bertz CT molecular complexity index is 546. The number of amides is 2. The summed E-state index contributed by atoms with van der Waals surface area (Å²) in [5.74, 6) is -0.677. The van der Waals surface area contributed by atoms with Crippen LogP contribution in [0, 0.1) is 0 Å². The van der Waals surface area contributed by atoms with Gasteiger partial charge in [-0.3, -0.25) is 14.4 Å². The minimum Gasteiger partial charge on any atom is -0.469 e. The second-order valence-corrected chi connectivity index (χ2v) is 5.40. The lowest BCUT2D eigenvalue weighted by atomic mass is 10.2. The average molecular weight is 341 g/mol. The van der Waals surface area contributed by atoms with E-state index in [1.165, 1.54) is 14.0 Å². The summed E-state index contributed by atoms with van der Waals surface area (Å²) < 4.78 is 4.61. The average Bonchev–Trinajstić information content (AvgIpc) is 2.53. The summed E-state index contributed by atoms with van der Waals surface area (Å²) in [4.78, 5) is 36.3. The number of nitrogens with one attached hydrogen (secondary N) is 1. The van der Waals surface area contributed by atoms with Gasteiger partial charge >= 0.3 is 5.97 Å². The molecule has 0 spiro atoms. The van der Waals surface area contributed by atoms with E-state index < -0.39 is 0 Å². The third kappa shape index (κ3) is 7.15. The highest BCUT2D eigenvalue weighted by Gasteiger charge is 2.17. The van der Waals surface area contributed by atoms with Crippen molar-refractivity contribution >= 4 is 29.4 Å². The molecule has 0 unspecified atom stereocenters. The van der Waals surface area contributed by atoms with Crippen LogP contribution in [0.4, 0.5) is 0 Å². The molecule has 1 aromatic carbocycles. The van der Waals surface area contributed by atoms with E-state index in [0.29, 0.717) is 30.1 Å². The van der Waals surface area contributed by atoms with Gasteiger partial charge in [0.2, 0.25) is 5.91 Å². The fourth-order valence-corrected chi connectivity index (χ4v) is 2.08. The molecule has 0 aliphatic carbocycles. The number of rotatable bonds is 8. The number of carbonyl (C=O) groups is 3. The molecule has 7 heteroatoms. The minimum atomic E-state index is -0.374. The van der Waals surface area contributed by atoms with Crippen molar-refractivity contribution in [3.05, 3.63) is 34.9 Å². The van der Waals surface area contributed by atoms with Crippen molar-refractivity contribution in [3.63, 3.8) is 0 Å². The molecule has 0 aromatic heterocycles. The van der Waals surface area contributed by atoms with E-state index in [2.05, 4.69) is 10.1 Å². The first-order valence-corrected chi connectivity index (χ1v) is 7.68. The molecule has 0 saturated carbocycles. The maximum atomic E-state index is 12.5. The van der Waals surface area contributed by atoms with E-state index in [4.69, 9.17) is 11.6 Å². The van der Waals surface area contributed by atoms with Crippen LogP contribution < -0.4 is 5.32 Å². The van der Waals surface area contributed by atoms with Crippen molar-refractivity contribution in [2.75, 3.05) is 26.7 Å². The van der Waals surface area contributed by atoms with Crippen molar-refractivity contribution in [2.24, 2.45) is 0 Å². The van der Waals surface area contributed by atoms with Crippen LogP contribution in [0.3, 0.4) is 0 Å². The van der Waals surface area contributed by atoms with Crippen LogP contribution in [0.25, 0.3) is 0 Å². The Morgan fingerprint density at radius 3 is 2.39 bits per heavy atom. The van der Waals surface area contributed by atoms with Gasteiger partial charge in [-0.2, -0.15) is 0 Å². The Balaban J connectivity index is 2.68. The maximum absolute atomic E-state index is 12.5. The first-order chi connectivity index (χ1) is 10.9. The lowest BCUT2D eigenvalue weighted by Gasteiger charge is -2.22. The van der Waals surface area contributed by atoms with Crippen molar-refractivity contribution < 1.29 is 19.1 Å². The molecule has 6 nitrogen and oxygen atoms in total. The molecule has 126 valence electrons. The number of methoxy groups -OCH3 is 1. The molecule has 0 aliphatic heterocycles. The van der Waals surface area contributed by atoms with E-state index in [0.717, 1.165) is 0 Å². The summed E-state index contributed by atoms with van der Waals surface area (Å²) in [5.41, 5.74) is 0.499. The summed E-state index contributed by atoms with van der Waals surface area (Å²) in [6, 6.07) is 6.57. The highest BCUT2D eigenvalue weighted by molar-refractivity contribution is 6.30. The van der Waals surface area contributed by atoms with Crippen molar-refractivity contribution in [1.29, 1.82) is 0 Å². The molecule has 0 fully saturated rings. The predicted octanol–water partition coefficient (Wildman–Crippen LogP) is 1.87. The summed E-state index contributed by atoms with van der Waals surface area (Å²) >= 11 is 5.82. The van der Waals surface area contributed by atoms with Gasteiger partial charge in [0.05, 0.1) is 13.5 Å². The molecule has 1 rings (SSSR count). The van der Waals surface area contributed by atoms with Crippen LogP contribution in [0.15, 0.2) is 24.3 Å². The molecule has 23 heavy (non-hydrogen) atoms. The normalized spacial score (nSPS) is 10.0. The Morgan fingerprint density at radius 2 is 1.83 bits per heavy atom. The van der Waals surface area contributed by atoms with Gasteiger partial charge in [-0.25, -0.2) is 0 Å². The first kappa shape index (κ1) is 19.0. The minimum absolute atomic E-state index is 0.116. The molecule has 0 saturated heterocycles. The van der Waals surface area contributed by atoms with Gasteiger partial charge in [0, 0.05) is 37.1 Å². The second-order valence-electron chi connectivity index (χ2n) is 4.96. The summed E-state index contributed by atoms with van der Waals surface area (Å²) in [7, 11) is 1.31. The highest BCUT2D eigenvalue weighted by Crippen LogP contribution is 2.12. The molecule has 0 bridgehead atoms. The number of benzene rings is 1. The standard InChI is InChI=1S/C16H21ClN2O4/c1-12(20)18-9-3-10-19(11-8-15(21)23-2)16(22)13-4-6-14(17)7-5-13/h4-7H,3,8-11H2,1-2H3,(H,18,20). The van der Waals surface area contributed by atoms with Gasteiger partial charge < -0.3 is 15.0 Å². The fraction of sp³-hybridized carbons (Fsp3) is 0.438. The predicted molar refractivity (Wildman–Crippen MR) is 87.3 cm³/mol. The third-order valence-corrected chi connectivity index (χ3v) is 3.42. The number of ether oxygens (including phenoxy) is 1. The van der Waals surface area contributed by atoms with E-state index in [1.807, 2.05) is 0 Å². The fourth-order valence-electron chi connectivity index (χ4n) is 1.95. The molecule has 0 radical (unpaired) electrons.